The second kappa shape index (κ2) is 4.78. The molecule has 4 rings (SSSR count). The molecule has 0 aliphatic carbocycles. The molecule has 1 aliphatic rings. The minimum atomic E-state index is -4.62. The number of hydrogen-bond donors (Lipinski definition) is 0. The first-order valence-corrected chi connectivity index (χ1v) is 9.80. The topological polar surface area (TPSA) is 71.5 Å². The molecule has 0 atom stereocenters. The van der Waals surface area contributed by atoms with Crippen molar-refractivity contribution >= 4 is 36.5 Å². The van der Waals surface area contributed by atoms with Crippen molar-refractivity contribution in [2.45, 2.75) is 9.79 Å². The lowest BCUT2D eigenvalue weighted by molar-refractivity contribution is 0.565. The van der Waals surface area contributed by atoms with E-state index in [1.165, 1.54) is 30.3 Å². The zero-order valence-electron chi connectivity index (χ0n) is 12.0. The van der Waals surface area contributed by atoms with Crippen LogP contribution < -0.4 is 3.71 Å². The third-order valence-corrected chi connectivity index (χ3v) is 8.10. The zero-order valence-corrected chi connectivity index (χ0v) is 13.7. The Labute approximate surface area is 138 Å². The van der Waals surface area contributed by atoms with Crippen LogP contribution >= 0.6 is 0 Å². The lowest BCUT2D eigenvalue weighted by Gasteiger charge is -2.19. The van der Waals surface area contributed by atoms with E-state index in [1.807, 2.05) is 0 Å². The van der Waals surface area contributed by atoms with Crippen molar-refractivity contribution in [3.8, 4) is 0 Å². The van der Waals surface area contributed by atoms with Crippen LogP contribution in [-0.2, 0) is 20.0 Å². The van der Waals surface area contributed by atoms with Crippen LogP contribution in [0, 0.1) is 5.82 Å². The standard InChI is InChI=1S/C16H10FNO4S2/c17-12-7-1-2-9-14(12)23(19,20)18-13-8-3-5-11-6-4-10-15(16(11)13)24(18,21)22/h1-10H. The molecule has 3 aromatic rings. The maximum absolute atomic E-state index is 14.0. The van der Waals surface area contributed by atoms with E-state index in [9.17, 15) is 21.2 Å². The predicted octanol–water partition coefficient (Wildman–Crippen LogP) is 2.88. The van der Waals surface area contributed by atoms with E-state index in [0.717, 1.165) is 12.1 Å². The van der Waals surface area contributed by atoms with Gasteiger partial charge in [0.05, 0.1) is 10.6 Å². The zero-order chi connectivity index (χ0) is 17.1. The Hall–Kier alpha value is -2.45. The summed E-state index contributed by atoms with van der Waals surface area (Å²) >= 11 is 0. The van der Waals surface area contributed by atoms with E-state index in [1.54, 1.807) is 18.2 Å². The number of benzene rings is 3. The van der Waals surface area contributed by atoms with Gasteiger partial charge in [-0.2, -0.15) is 20.5 Å². The average molecular weight is 363 g/mol. The highest BCUT2D eigenvalue weighted by Crippen LogP contribution is 2.44. The van der Waals surface area contributed by atoms with Gasteiger partial charge < -0.3 is 0 Å². The molecular weight excluding hydrogens is 353 g/mol. The minimum Gasteiger partial charge on any atom is -0.205 e. The first-order chi connectivity index (χ1) is 11.3. The molecule has 0 spiro atoms. The number of nitrogens with zero attached hydrogens (tertiary/aromatic N) is 1. The molecule has 1 heterocycles. The molecule has 24 heavy (non-hydrogen) atoms. The molecule has 122 valence electrons. The van der Waals surface area contributed by atoms with Gasteiger partial charge in [-0.05, 0) is 29.7 Å². The first kappa shape index (κ1) is 15.1. The van der Waals surface area contributed by atoms with Crippen molar-refractivity contribution in [3.05, 3.63) is 66.5 Å². The molecule has 1 aliphatic heterocycles. The molecular formula is C16H10FNO4S2. The summed E-state index contributed by atoms with van der Waals surface area (Å²) in [5, 5.41) is 0.916. The lowest BCUT2D eigenvalue weighted by atomic mass is 10.1. The molecule has 8 heteroatoms. The summed E-state index contributed by atoms with van der Waals surface area (Å²) in [5.41, 5.74) is 0.00588. The highest BCUT2D eigenvalue weighted by atomic mass is 32.3. The van der Waals surface area contributed by atoms with Gasteiger partial charge in [-0.3, -0.25) is 0 Å². The largest absolute Gasteiger partial charge is 0.280 e. The summed E-state index contributed by atoms with van der Waals surface area (Å²) in [7, 11) is -8.96. The molecule has 0 N–H and O–H groups in total. The molecule has 0 aromatic heterocycles. The van der Waals surface area contributed by atoms with Gasteiger partial charge in [-0.15, -0.1) is 0 Å². The minimum absolute atomic E-state index is 0.00588. The lowest BCUT2D eigenvalue weighted by Crippen LogP contribution is -2.34. The van der Waals surface area contributed by atoms with Gasteiger partial charge in [0.1, 0.15) is 10.7 Å². The van der Waals surface area contributed by atoms with Crippen LogP contribution in [0.1, 0.15) is 0 Å². The summed E-state index contributed by atoms with van der Waals surface area (Å²) in [4.78, 5) is -0.783. The predicted molar refractivity (Wildman–Crippen MR) is 87.2 cm³/mol. The Morgan fingerprint density at radius 3 is 2.25 bits per heavy atom. The number of halogens is 1. The fraction of sp³-hybridized carbons (Fsp3) is 0. The Morgan fingerprint density at radius 2 is 1.54 bits per heavy atom. The van der Waals surface area contributed by atoms with Crippen molar-refractivity contribution in [3.63, 3.8) is 0 Å². The van der Waals surface area contributed by atoms with Crippen molar-refractivity contribution in [2.24, 2.45) is 0 Å². The molecule has 0 bridgehead atoms. The second-order valence-electron chi connectivity index (χ2n) is 5.27. The van der Waals surface area contributed by atoms with E-state index in [-0.39, 0.29) is 10.6 Å². The average Bonchev–Trinajstić information content (AvgIpc) is 2.78. The molecule has 0 unspecified atom stereocenters. The normalized spacial score (nSPS) is 15.8. The molecule has 5 nitrogen and oxygen atoms in total. The Kier molecular flexibility index (Phi) is 3.01. The molecule has 0 fully saturated rings. The quantitative estimate of drug-likeness (QED) is 0.702. The number of rotatable bonds is 2. The van der Waals surface area contributed by atoms with Crippen molar-refractivity contribution in [2.75, 3.05) is 3.71 Å². The summed E-state index contributed by atoms with van der Waals surface area (Å²) < 4.78 is 65.7. The highest BCUT2D eigenvalue weighted by Gasteiger charge is 2.44. The van der Waals surface area contributed by atoms with E-state index in [2.05, 4.69) is 0 Å². The molecule has 0 saturated carbocycles. The van der Waals surface area contributed by atoms with E-state index >= 15 is 0 Å². The molecule has 0 saturated heterocycles. The second-order valence-corrected chi connectivity index (χ2v) is 9.01. The van der Waals surface area contributed by atoms with E-state index in [0.29, 0.717) is 14.5 Å². The Morgan fingerprint density at radius 1 is 0.875 bits per heavy atom. The summed E-state index contributed by atoms with van der Waals surface area (Å²) in [6, 6.07) is 13.9. The van der Waals surface area contributed by atoms with E-state index < -0.39 is 30.8 Å². The molecule has 0 amide bonds. The SMILES string of the molecule is O=S(=O)(c1ccccc1F)N1c2cccc3cccc(c23)S1(=O)=O. The van der Waals surface area contributed by atoms with Crippen molar-refractivity contribution < 1.29 is 21.2 Å². The van der Waals surface area contributed by atoms with Gasteiger partial charge in [-0.1, -0.05) is 36.4 Å². The van der Waals surface area contributed by atoms with Crippen LogP contribution in [0.25, 0.3) is 10.8 Å². The molecule has 0 radical (unpaired) electrons. The third-order valence-electron chi connectivity index (χ3n) is 3.87. The van der Waals surface area contributed by atoms with Gasteiger partial charge >= 0.3 is 0 Å². The van der Waals surface area contributed by atoms with Gasteiger partial charge in [-0.25, -0.2) is 4.39 Å². The van der Waals surface area contributed by atoms with Crippen LogP contribution in [-0.4, -0.2) is 16.8 Å². The van der Waals surface area contributed by atoms with Crippen LogP contribution in [0.4, 0.5) is 10.1 Å². The van der Waals surface area contributed by atoms with Gasteiger partial charge in [0.15, 0.2) is 0 Å². The number of hydrogen-bond acceptors (Lipinski definition) is 4. The van der Waals surface area contributed by atoms with Crippen LogP contribution in [0.5, 0.6) is 0 Å². The number of sulfonamides is 2. The number of anilines is 1. The first-order valence-electron chi connectivity index (χ1n) is 6.92. The smallest absolute Gasteiger partial charge is 0.205 e. The van der Waals surface area contributed by atoms with Gasteiger partial charge in [0.25, 0.3) is 20.0 Å². The van der Waals surface area contributed by atoms with Crippen molar-refractivity contribution in [1.82, 2.24) is 0 Å². The monoisotopic (exact) mass is 363 g/mol. The van der Waals surface area contributed by atoms with E-state index in [4.69, 9.17) is 0 Å². The highest BCUT2D eigenvalue weighted by molar-refractivity contribution is 8.10. The Balaban J connectivity index is 2.09. The molecule has 3 aromatic carbocycles. The third kappa shape index (κ3) is 1.83. The van der Waals surface area contributed by atoms with Crippen LogP contribution in [0.3, 0.4) is 0 Å². The van der Waals surface area contributed by atoms with Gasteiger partial charge in [0.2, 0.25) is 0 Å². The van der Waals surface area contributed by atoms with Crippen LogP contribution in [0.15, 0.2) is 70.5 Å². The summed E-state index contributed by atoms with van der Waals surface area (Å²) in [5.74, 6) is -1.00. The van der Waals surface area contributed by atoms with Crippen LogP contribution in [0.2, 0.25) is 0 Å². The fourth-order valence-electron chi connectivity index (χ4n) is 2.88. The maximum Gasteiger partial charge on any atom is 0.280 e. The summed E-state index contributed by atoms with van der Waals surface area (Å²) in [6.07, 6.45) is 0. The van der Waals surface area contributed by atoms with Gasteiger partial charge in [0, 0.05) is 5.39 Å². The summed E-state index contributed by atoms with van der Waals surface area (Å²) in [6.45, 7) is 0. The Bertz CT molecular complexity index is 1200. The van der Waals surface area contributed by atoms with Crippen molar-refractivity contribution in [1.29, 1.82) is 0 Å². The fourth-order valence-corrected chi connectivity index (χ4v) is 6.87. The maximum atomic E-state index is 14.0.